The van der Waals surface area contributed by atoms with E-state index in [2.05, 4.69) is 10.4 Å². The lowest BCUT2D eigenvalue weighted by atomic mass is 9.95. The van der Waals surface area contributed by atoms with E-state index in [1.165, 1.54) is 5.01 Å². The first-order chi connectivity index (χ1) is 12.6. The quantitative estimate of drug-likeness (QED) is 0.787. The Kier molecular flexibility index (Phi) is 6.14. The molecule has 2 amide bonds. The highest BCUT2D eigenvalue weighted by Gasteiger charge is 2.30. The molecule has 0 radical (unpaired) electrons. The lowest BCUT2D eigenvalue weighted by molar-refractivity contribution is 0.180. The molecule has 2 aromatic rings. The zero-order valence-electron chi connectivity index (χ0n) is 14.3. The number of methoxy groups -OCH3 is 1. The third-order valence-electron chi connectivity index (χ3n) is 4.15. The third-order valence-corrected chi connectivity index (χ3v) is 4.65. The summed E-state index contributed by atoms with van der Waals surface area (Å²) in [4.78, 5) is 12.6. The molecular weight excluding hydrogens is 373 g/mol. The Labute approximate surface area is 162 Å². The van der Waals surface area contributed by atoms with Crippen molar-refractivity contribution in [1.29, 1.82) is 0 Å². The van der Waals surface area contributed by atoms with E-state index in [0.717, 1.165) is 17.7 Å². The molecule has 2 aromatic carbocycles. The number of hydrogen-bond donors (Lipinski definition) is 1. The number of urea groups is 1. The molecule has 1 N–H and O–H groups in total. The monoisotopic (exact) mass is 391 g/mol. The Balaban J connectivity index is 1.77. The number of anilines is 1. The van der Waals surface area contributed by atoms with E-state index in [1.807, 2.05) is 24.3 Å². The van der Waals surface area contributed by atoms with Gasteiger partial charge < -0.3 is 10.1 Å². The van der Waals surface area contributed by atoms with Crippen LogP contribution in [0.3, 0.4) is 0 Å². The van der Waals surface area contributed by atoms with Gasteiger partial charge in [-0.15, -0.1) is 0 Å². The van der Waals surface area contributed by atoms with Gasteiger partial charge in [-0.2, -0.15) is 5.10 Å². The largest absolute Gasteiger partial charge is 0.385 e. The van der Waals surface area contributed by atoms with Crippen LogP contribution in [0.4, 0.5) is 10.5 Å². The van der Waals surface area contributed by atoms with Crippen LogP contribution in [0.2, 0.25) is 10.0 Å². The molecule has 0 aliphatic carbocycles. The number of hydrogen-bond acceptors (Lipinski definition) is 3. The van der Waals surface area contributed by atoms with Crippen molar-refractivity contribution in [3.63, 3.8) is 0 Å². The fraction of sp³-hybridized carbons (Fsp3) is 0.263. The first-order valence-corrected chi connectivity index (χ1v) is 9.00. The number of benzene rings is 2. The van der Waals surface area contributed by atoms with Crippen LogP contribution in [0.15, 0.2) is 53.6 Å². The number of nitrogens with zero attached hydrogens (tertiary/aromatic N) is 2. The summed E-state index contributed by atoms with van der Waals surface area (Å²) in [6.45, 7) is 1.10. The van der Waals surface area contributed by atoms with E-state index in [-0.39, 0.29) is 11.9 Å². The highest BCUT2D eigenvalue weighted by molar-refractivity contribution is 6.31. The van der Waals surface area contributed by atoms with Crippen molar-refractivity contribution in [3.8, 4) is 0 Å². The minimum Gasteiger partial charge on any atom is -0.385 e. The summed E-state index contributed by atoms with van der Waals surface area (Å²) in [5, 5.41) is 10.1. The van der Waals surface area contributed by atoms with E-state index in [1.54, 1.807) is 31.4 Å². The van der Waals surface area contributed by atoms with E-state index in [4.69, 9.17) is 27.9 Å². The lowest BCUT2D eigenvalue weighted by Crippen LogP contribution is -2.31. The van der Waals surface area contributed by atoms with Gasteiger partial charge in [-0.05, 0) is 48.4 Å². The Morgan fingerprint density at radius 3 is 2.38 bits per heavy atom. The number of carbonyl (C=O) groups is 1. The van der Waals surface area contributed by atoms with Gasteiger partial charge in [0.2, 0.25) is 0 Å². The SMILES string of the molecule is COCCC1CN(C(=O)Nc2ccc(Cl)cc2)N=C1c1ccc(Cl)cc1. The molecule has 0 saturated carbocycles. The van der Waals surface area contributed by atoms with E-state index in [9.17, 15) is 4.79 Å². The highest BCUT2D eigenvalue weighted by atomic mass is 35.5. The second-order valence-electron chi connectivity index (χ2n) is 5.99. The second kappa shape index (κ2) is 8.54. The molecule has 1 heterocycles. The summed E-state index contributed by atoms with van der Waals surface area (Å²) in [7, 11) is 1.67. The number of hydrazone groups is 1. The van der Waals surface area contributed by atoms with Gasteiger partial charge in [0.1, 0.15) is 0 Å². The maximum atomic E-state index is 12.6. The summed E-state index contributed by atoms with van der Waals surface area (Å²) in [5.41, 5.74) is 2.49. The fourth-order valence-electron chi connectivity index (χ4n) is 2.80. The van der Waals surface area contributed by atoms with Gasteiger partial charge in [0.25, 0.3) is 0 Å². The topological polar surface area (TPSA) is 53.9 Å². The maximum Gasteiger partial charge on any atom is 0.342 e. The zero-order chi connectivity index (χ0) is 18.5. The van der Waals surface area contributed by atoms with Gasteiger partial charge in [0.05, 0.1) is 12.3 Å². The van der Waals surface area contributed by atoms with Gasteiger partial charge in [-0.3, -0.25) is 0 Å². The summed E-state index contributed by atoms with van der Waals surface area (Å²) < 4.78 is 5.20. The van der Waals surface area contributed by atoms with Gasteiger partial charge in [0.15, 0.2) is 0 Å². The molecule has 26 heavy (non-hydrogen) atoms. The summed E-state index contributed by atoms with van der Waals surface area (Å²) in [6.07, 6.45) is 0.780. The molecule has 136 valence electrons. The molecule has 1 aliphatic rings. The first kappa shape index (κ1) is 18.7. The average Bonchev–Trinajstić information content (AvgIpc) is 3.07. The Hall–Kier alpha value is -2.08. The van der Waals surface area contributed by atoms with Gasteiger partial charge in [0, 0.05) is 35.4 Å². The van der Waals surface area contributed by atoms with Crippen molar-refractivity contribution in [2.24, 2.45) is 11.0 Å². The number of halogens is 2. The Morgan fingerprint density at radius 2 is 1.77 bits per heavy atom. The lowest BCUT2D eigenvalue weighted by Gasteiger charge is -2.15. The number of carbonyl (C=O) groups excluding carboxylic acids is 1. The molecular formula is C19H19Cl2N3O2. The van der Waals surface area contributed by atoms with Crippen LogP contribution < -0.4 is 5.32 Å². The average molecular weight is 392 g/mol. The molecule has 5 nitrogen and oxygen atoms in total. The highest BCUT2D eigenvalue weighted by Crippen LogP contribution is 2.24. The minimum absolute atomic E-state index is 0.104. The minimum atomic E-state index is -0.279. The predicted octanol–water partition coefficient (Wildman–Crippen LogP) is 4.90. The molecule has 0 fully saturated rings. The number of nitrogens with one attached hydrogen (secondary N) is 1. The van der Waals surface area contributed by atoms with Crippen LogP contribution in [0.25, 0.3) is 0 Å². The van der Waals surface area contributed by atoms with Crippen molar-refractivity contribution in [3.05, 3.63) is 64.1 Å². The number of ether oxygens (including phenoxy) is 1. The molecule has 1 unspecified atom stereocenters. The van der Waals surface area contributed by atoms with Gasteiger partial charge in [-0.25, -0.2) is 9.80 Å². The van der Waals surface area contributed by atoms with Crippen LogP contribution in [0.5, 0.6) is 0 Å². The van der Waals surface area contributed by atoms with Crippen LogP contribution in [0.1, 0.15) is 12.0 Å². The summed E-state index contributed by atoms with van der Waals surface area (Å²) >= 11 is 11.8. The second-order valence-corrected chi connectivity index (χ2v) is 6.86. The Bertz CT molecular complexity index is 791. The summed E-state index contributed by atoms with van der Waals surface area (Å²) in [5.74, 6) is 0.104. The predicted molar refractivity (Wildman–Crippen MR) is 105 cm³/mol. The smallest absolute Gasteiger partial charge is 0.342 e. The van der Waals surface area contributed by atoms with Crippen molar-refractivity contribution < 1.29 is 9.53 Å². The number of rotatable bonds is 5. The van der Waals surface area contributed by atoms with Crippen LogP contribution in [-0.2, 0) is 4.74 Å². The van der Waals surface area contributed by atoms with Gasteiger partial charge >= 0.3 is 6.03 Å². The van der Waals surface area contributed by atoms with E-state index in [0.29, 0.717) is 28.9 Å². The molecule has 3 rings (SSSR count). The normalized spacial score (nSPS) is 16.5. The van der Waals surface area contributed by atoms with Crippen molar-refractivity contribution in [2.75, 3.05) is 25.6 Å². The first-order valence-electron chi connectivity index (χ1n) is 8.24. The molecule has 0 saturated heterocycles. The summed E-state index contributed by atoms with van der Waals surface area (Å²) in [6, 6.07) is 14.2. The Morgan fingerprint density at radius 1 is 1.15 bits per heavy atom. The van der Waals surface area contributed by atoms with Crippen LogP contribution >= 0.6 is 23.2 Å². The van der Waals surface area contributed by atoms with E-state index >= 15 is 0 Å². The molecule has 0 aromatic heterocycles. The van der Waals surface area contributed by atoms with Gasteiger partial charge in [-0.1, -0.05) is 35.3 Å². The fourth-order valence-corrected chi connectivity index (χ4v) is 3.05. The van der Waals surface area contributed by atoms with Crippen LogP contribution in [-0.4, -0.2) is 37.0 Å². The van der Waals surface area contributed by atoms with Crippen molar-refractivity contribution in [1.82, 2.24) is 5.01 Å². The number of amides is 2. The standard InChI is InChI=1S/C19H19Cl2N3O2/c1-26-11-10-14-12-24(19(25)22-17-8-6-16(21)7-9-17)23-18(14)13-2-4-15(20)5-3-13/h2-9,14H,10-12H2,1H3,(H,22,25). The molecule has 1 aliphatic heterocycles. The zero-order valence-corrected chi connectivity index (χ0v) is 15.8. The molecule has 1 atom stereocenters. The molecule has 7 heteroatoms. The van der Waals surface area contributed by atoms with Crippen LogP contribution in [0, 0.1) is 5.92 Å². The van der Waals surface area contributed by atoms with Crippen molar-refractivity contribution in [2.45, 2.75) is 6.42 Å². The third kappa shape index (κ3) is 4.55. The molecule has 0 spiro atoms. The maximum absolute atomic E-state index is 12.6. The van der Waals surface area contributed by atoms with E-state index < -0.39 is 0 Å². The van der Waals surface area contributed by atoms with Crippen molar-refractivity contribution >= 4 is 40.6 Å². The molecule has 0 bridgehead atoms.